The lowest BCUT2D eigenvalue weighted by Gasteiger charge is -2.36. The van der Waals surface area contributed by atoms with Crippen molar-refractivity contribution in [3.8, 4) is 17.3 Å². The number of hydrogen-bond donors (Lipinski definition) is 6. The summed E-state index contributed by atoms with van der Waals surface area (Å²) >= 11 is 0. The third-order valence-corrected chi connectivity index (χ3v) is 15.0. The molecule has 2 aromatic carbocycles. The Morgan fingerprint density at radius 1 is 0.951 bits per heavy atom. The Balaban J connectivity index is 0.783. The van der Waals surface area contributed by atoms with E-state index >= 15 is 0 Å². The number of nitriles is 1. The van der Waals surface area contributed by atoms with Crippen LogP contribution >= 0.6 is 0 Å². The number of benzene rings is 2. The summed E-state index contributed by atoms with van der Waals surface area (Å²) in [5.41, 5.74) is 8.96. The van der Waals surface area contributed by atoms with Crippen molar-refractivity contribution < 1.29 is 47.3 Å². The van der Waals surface area contributed by atoms with E-state index in [0.717, 1.165) is 12.0 Å². The van der Waals surface area contributed by atoms with Crippen LogP contribution in [0.1, 0.15) is 112 Å². The van der Waals surface area contributed by atoms with Crippen LogP contribution < -0.4 is 37.2 Å². The van der Waals surface area contributed by atoms with E-state index in [1.165, 1.54) is 34.0 Å². The number of carbonyl (C=O) groups excluding carboxylic acids is 5. The van der Waals surface area contributed by atoms with Gasteiger partial charge in [-0.3, -0.25) is 28.7 Å². The maximum absolute atomic E-state index is 14.7. The summed E-state index contributed by atoms with van der Waals surface area (Å²) < 4.78 is 38.9. The molecule has 82 heavy (non-hydrogen) atoms. The number of nitrogens with one attached hydrogen (secondary N) is 5. The number of rotatable bonds is 27. The van der Waals surface area contributed by atoms with Crippen molar-refractivity contribution in [1.82, 2.24) is 56.1 Å². The van der Waals surface area contributed by atoms with Crippen molar-refractivity contribution in [2.75, 3.05) is 104 Å². The largest absolute Gasteiger partial charge is 0.381 e. The molecule has 2 fully saturated rings. The Labute approximate surface area is 479 Å². The molecule has 23 nitrogen and oxygen atoms in total. The van der Waals surface area contributed by atoms with Crippen LogP contribution in [0.25, 0.3) is 11.3 Å². The van der Waals surface area contributed by atoms with Crippen LogP contribution in [-0.2, 0) is 51.2 Å². The van der Waals surface area contributed by atoms with E-state index in [1.54, 1.807) is 25.9 Å². The summed E-state index contributed by atoms with van der Waals surface area (Å²) in [6.45, 7) is 13.6. The first-order valence-electron chi connectivity index (χ1n) is 28.3. The average molecular weight is 1140 g/mol. The zero-order valence-electron chi connectivity index (χ0n) is 48.3. The summed E-state index contributed by atoms with van der Waals surface area (Å²) in [5.74, 6) is -1.35. The molecule has 6 atom stereocenters. The van der Waals surface area contributed by atoms with Crippen molar-refractivity contribution in [2.24, 2.45) is 5.41 Å². The zero-order valence-corrected chi connectivity index (χ0v) is 48.3. The number of ether oxygens (including phenoxy) is 4. The highest BCUT2D eigenvalue weighted by molar-refractivity contribution is 5.96. The number of halogens is 1. The summed E-state index contributed by atoms with van der Waals surface area (Å²) in [6, 6.07) is 13.2. The van der Waals surface area contributed by atoms with E-state index < -0.39 is 29.4 Å². The Hall–Kier alpha value is -7.14. The SMILES string of the molecule is CC[C@H](NC(=O)[C@H]1C[C@@H](NCCOCCOCCOCCOCCC(=O)NCCn2nc3c(c2C#N)-c2cnc(N)c(n2)N2CCC[C@@H]2c2cc(F)ccc2C(=O)N(C)C3)CN1C(=O)[C@H](NC(=O)[C@@H](C)NC)C(C)(C)C)c1ccccc1. The third kappa shape index (κ3) is 16.1. The van der Waals surface area contributed by atoms with Gasteiger partial charge in [-0.05, 0) is 74.4 Å². The number of aromatic nitrogens is 4. The molecule has 7 N–H and O–H groups in total. The van der Waals surface area contributed by atoms with Crippen molar-refractivity contribution in [2.45, 2.75) is 116 Å². The van der Waals surface area contributed by atoms with E-state index in [0.29, 0.717) is 106 Å². The van der Waals surface area contributed by atoms with E-state index in [9.17, 15) is 33.6 Å². The van der Waals surface area contributed by atoms with Gasteiger partial charge in [-0.2, -0.15) is 10.4 Å². The van der Waals surface area contributed by atoms with Gasteiger partial charge in [-0.15, -0.1) is 0 Å². The highest BCUT2D eigenvalue weighted by atomic mass is 19.1. The molecule has 7 rings (SSSR count). The quantitative estimate of drug-likeness (QED) is 0.0467. The van der Waals surface area contributed by atoms with Gasteiger partial charge in [-0.25, -0.2) is 14.4 Å². The van der Waals surface area contributed by atoms with Crippen LogP contribution in [0.5, 0.6) is 0 Å². The zero-order chi connectivity index (χ0) is 58.9. The van der Waals surface area contributed by atoms with Gasteiger partial charge < -0.3 is 66.0 Å². The molecule has 2 bridgehead atoms. The summed E-state index contributed by atoms with van der Waals surface area (Å²) in [5, 5.41) is 30.6. The maximum Gasteiger partial charge on any atom is 0.254 e. The van der Waals surface area contributed by atoms with Gasteiger partial charge in [0.05, 0.1) is 107 Å². The van der Waals surface area contributed by atoms with Gasteiger partial charge in [-0.1, -0.05) is 58.0 Å². The molecule has 0 aliphatic carbocycles. The maximum atomic E-state index is 14.7. The molecule has 444 valence electrons. The van der Waals surface area contributed by atoms with Crippen LogP contribution in [0.15, 0.2) is 54.7 Å². The van der Waals surface area contributed by atoms with Crippen LogP contribution in [-0.4, -0.2) is 176 Å². The number of anilines is 2. The minimum atomic E-state index is -0.859. The number of likely N-dealkylation sites (tertiary alicyclic amines) is 1. The lowest BCUT2D eigenvalue weighted by molar-refractivity contribution is -0.144. The fourth-order valence-corrected chi connectivity index (χ4v) is 10.5. The fraction of sp³-hybridized carbons (Fsp3) is 0.569. The molecule has 3 aliphatic heterocycles. The predicted octanol–water partition coefficient (Wildman–Crippen LogP) is 3.40. The molecule has 0 spiro atoms. The third-order valence-electron chi connectivity index (χ3n) is 15.0. The number of likely N-dealkylation sites (N-methyl/N-ethyl adjacent to an activating group) is 1. The van der Waals surface area contributed by atoms with Gasteiger partial charge >= 0.3 is 0 Å². The van der Waals surface area contributed by atoms with Crippen LogP contribution in [0.3, 0.4) is 0 Å². The summed E-state index contributed by atoms with van der Waals surface area (Å²) in [4.78, 5) is 82.5. The first-order chi connectivity index (χ1) is 39.4. The van der Waals surface area contributed by atoms with Gasteiger partial charge in [0.25, 0.3) is 5.91 Å². The highest BCUT2D eigenvalue weighted by Gasteiger charge is 2.45. The van der Waals surface area contributed by atoms with Gasteiger partial charge in [0.1, 0.15) is 29.7 Å². The Bertz CT molecular complexity index is 2860. The molecule has 0 unspecified atom stereocenters. The number of nitrogens with zero attached hydrogens (tertiary/aromatic N) is 8. The van der Waals surface area contributed by atoms with Crippen molar-refractivity contribution >= 4 is 41.2 Å². The molecule has 2 saturated heterocycles. The fourth-order valence-electron chi connectivity index (χ4n) is 10.5. The molecule has 5 heterocycles. The Kier molecular flexibility index (Phi) is 22.6. The van der Waals surface area contributed by atoms with Crippen molar-refractivity contribution in [1.29, 1.82) is 5.26 Å². The highest BCUT2D eigenvalue weighted by Crippen LogP contribution is 2.41. The monoisotopic (exact) mass is 1140 g/mol. The second kappa shape index (κ2) is 29.7. The lowest BCUT2D eigenvalue weighted by atomic mass is 9.85. The standard InChI is InChI=1S/C58H81FN14O9/c1-8-43(38-13-10-9-11-14-38)67-55(76)47-32-40(35-72(47)57(78)51(58(3,4)5)68-54(75)37(2)62-6)63-20-24-80-26-28-82-30-29-81-27-25-79-23-18-49(74)64-19-22-73-48(33-60)50-44-34-65-52(61)53(66-44)71-21-12-15-46(71)42-31-39(59)16-17-41(42)56(77)70(7)36-45(50)69-73/h9-11,13-14,16-17,31,34,37,40,43,46-47,51,62-63H,8,12,15,18-30,32,35-36H2,1-7H3,(H2,61,65)(H,64,74)(H,67,76)(H,68,75)/t37-,40-,43+,46-,47-,51+/m1/s1. The topological polar surface area (TPSA) is 286 Å². The molecule has 0 saturated carbocycles. The van der Waals surface area contributed by atoms with E-state index in [-0.39, 0.29) is 105 Å². The van der Waals surface area contributed by atoms with Crippen molar-refractivity contribution in [3.05, 3.63) is 88.6 Å². The molecule has 2 aromatic heterocycles. The molecule has 5 amide bonds. The molecule has 24 heteroatoms. The average Bonchev–Trinajstić information content (AvgIpc) is 4.41. The number of nitrogens with two attached hydrogens (primary N) is 1. The summed E-state index contributed by atoms with van der Waals surface area (Å²) in [7, 11) is 3.31. The minimum Gasteiger partial charge on any atom is -0.381 e. The molecule has 3 aliphatic rings. The van der Waals surface area contributed by atoms with Crippen LogP contribution in [0, 0.1) is 22.6 Å². The number of hydrogen-bond acceptors (Lipinski definition) is 17. The second-order valence-corrected chi connectivity index (χ2v) is 21.9. The summed E-state index contributed by atoms with van der Waals surface area (Å²) in [6.07, 6.45) is 4.05. The van der Waals surface area contributed by atoms with E-state index in [2.05, 4.69) is 37.6 Å². The predicted molar refractivity (Wildman–Crippen MR) is 304 cm³/mol. The van der Waals surface area contributed by atoms with Gasteiger partial charge in [0, 0.05) is 51.3 Å². The van der Waals surface area contributed by atoms with E-state index in [1.807, 2.05) is 62.9 Å². The number of carbonyl (C=O) groups is 5. The molecule has 4 aromatic rings. The molecular weight excluding hydrogens is 1060 g/mol. The number of fused-ring (bicyclic) bond motifs is 8. The second-order valence-electron chi connectivity index (χ2n) is 21.9. The smallest absolute Gasteiger partial charge is 0.254 e. The van der Waals surface area contributed by atoms with E-state index in [4.69, 9.17) is 34.8 Å². The van der Waals surface area contributed by atoms with Crippen molar-refractivity contribution in [3.63, 3.8) is 0 Å². The van der Waals surface area contributed by atoms with Gasteiger partial charge in [0.2, 0.25) is 23.6 Å². The lowest BCUT2D eigenvalue weighted by Crippen LogP contribution is -2.59. The Morgan fingerprint density at radius 3 is 2.32 bits per heavy atom. The normalized spacial score (nSPS) is 18.1. The number of amides is 5. The molecule has 0 radical (unpaired) electrons. The Morgan fingerprint density at radius 2 is 1.65 bits per heavy atom. The van der Waals surface area contributed by atoms with Gasteiger partial charge in [0.15, 0.2) is 11.6 Å². The number of nitrogen functional groups attached to an aromatic ring is 1. The van der Waals surface area contributed by atoms with Crippen LogP contribution in [0.2, 0.25) is 0 Å². The van der Waals surface area contributed by atoms with Crippen LogP contribution in [0.4, 0.5) is 16.0 Å². The first-order valence-corrected chi connectivity index (χ1v) is 28.3. The minimum absolute atomic E-state index is 0.00867. The first kappa shape index (κ1) is 62.5. The molecular formula is C58H81FN14O9.